The molecule has 0 bridgehead atoms. The van der Waals surface area contributed by atoms with Crippen molar-refractivity contribution in [1.82, 2.24) is 0 Å². The van der Waals surface area contributed by atoms with Crippen LogP contribution in [0.4, 0.5) is 0 Å². The van der Waals surface area contributed by atoms with Gasteiger partial charge in [-0.05, 0) is 34.0 Å². The predicted octanol–water partition coefficient (Wildman–Crippen LogP) is 6.68. The molecular weight excluding hydrogens is 464 g/mol. The molecule has 0 saturated heterocycles. The monoisotopic (exact) mass is 486 g/mol. The van der Waals surface area contributed by atoms with Crippen LogP contribution in [0.2, 0.25) is 0 Å². The van der Waals surface area contributed by atoms with Gasteiger partial charge in [-0.2, -0.15) is 0 Å². The fourth-order valence-electron chi connectivity index (χ4n) is 6.11. The Morgan fingerprint density at radius 2 is 1.41 bits per heavy atom. The first kappa shape index (κ1) is 21.6. The Hall–Kier alpha value is -4.64. The van der Waals surface area contributed by atoms with E-state index in [1.807, 2.05) is 66.7 Å². The number of fused-ring (bicyclic) bond motifs is 10. The summed E-state index contributed by atoms with van der Waals surface area (Å²) in [5, 5.41) is 3.31. The fourth-order valence-corrected chi connectivity index (χ4v) is 6.11. The van der Waals surface area contributed by atoms with Crippen molar-refractivity contribution < 1.29 is 23.8 Å². The SMILES string of the molecule is COC(=O)c1cc2c(cc(OC)c3ccccc32)c2c1C(=O)CC1(O2)c2ccccc2-c2ccccc21. The van der Waals surface area contributed by atoms with Gasteiger partial charge in [0.25, 0.3) is 0 Å². The topological polar surface area (TPSA) is 61.8 Å². The third-order valence-electron chi connectivity index (χ3n) is 7.68. The first-order valence-electron chi connectivity index (χ1n) is 12.1. The van der Waals surface area contributed by atoms with Crippen LogP contribution in [0.25, 0.3) is 32.7 Å². The van der Waals surface area contributed by atoms with Crippen molar-refractivity contribution in [3.05, 3.63) is 107 Å². The molecule has 5 heteroatoms. The van der Waals surface area contributed by atoms with E-state index in [9.17, 15) is 9.59 Å². The van der Waals surface area contributed by atoms with E-state index >= 15 is 0 Å². The van der Waals surface area contributed by atoms with Crippen LogP contribution in [0.3, 0.4) is 0 Å². The number of hydrogen-bond acceptors (Lipinski definition) is 5. The Morgan fingerprint density at radius 3 is 2.05 bits per heavy atom. The van der Waals surface area contributed by atoms with Crippen molar-refractivity contribution in [2.75, 3.05) is 14.2 Å². The van der Waals surface area contributed by atoms with Crippen LogP contribution in [0.5, 0.6) is 11.5 Å². The minimum atomic E-state index is -1.00. The van der Waals surface area contributed by atoms with Gasteiger partial charge in [-0.15, -0.1) is 0 Å². The maximum Gasteiger partial charge on any atom is 0.338 e. The number of Topliss-reactive ketones (excluding diaryl/α,β-unsaturated/α-hetero) is 1. The van der Waals surface area contributed by atoms with Crippen LogP contribution in [0.15, 0.2) is 84.9 Å². The highest BCUT2D eigenvalue weighted by Crippen LogP contribution is 2.56. The summed E-state index contributed by atoms with van der Waals surface area (Å²) < 4.78 is 17.9. The van der Waals surface area contributed by atoms with Gasteiger partial charge in [0.05, 0.1) is 31.8 Å². The lowest BCUT2D eigenvalue weighted by Crippen LogP contribution is -2.39. The van der Waals surface area contributed by atoms with Gasteiger partial charge in [-0.25, -0.2) is 4.79 Å². The van der Waals surface area contributed by atoms with Crippen molar-refractivity contribution in [2.24, 2.45) is 0 Å². The largest absolute Gasteiger partial charge is 0.496 e. The quantitative estimate of drug-likeness (QED) is 0.206. The summed E-state index contributed by atoms with van der Waals surface area (Å²) in [5.74, 6) is 0.309. The predicted molar refractivity (Wildman–Crippen MR) is 142 cm³/mol. The second kappa shape index (κ2) is 7.68. The Bertz CT molecular complexity index is 1750. The van der Waals surface area contributed by atoms with E-state index in [-0.39, 0.29) is 23.3 Å². The number of ether oxygens (including phenoxy) is 3. The standard InChI is InChI=1S/C32H22O5/c1-35-28-16-23-22(18-9-3-4-12-21(18)28)15-24(31(34)36-2)29-27(33)17-32(37-30(23)29)25-13-7-5-10-19(25)20-11-6-8-14-26(20)32/h3-16H,17H2,1-2H3. The molecule has 0 atom stereocenters. The minimum absolute atomic E-state index is 0.0776. The maximum absolute atomic E-state index is 14.1. The summed E-state index contributed by atoms with van der Waals surface area (Å²) in [7, 11) is 2.95. The summed E-state index contributed by atoms with van der Waals surface area (Å²) >= 11 is 0. The van der Waals surface area contributed by atoms with E-state index in [1.54, 1.807) is 13.2 Å². The summed E-state index contributed by atoms with van der Waals surface area (Å²) in [5.41, 5.74) is 3.44. The molecule has 5 aromatic carbocycles. The number of carbonyl (C=O) groups excluding carboxylic acids is 2. The van der Waals surface area contributed by atoms with Gasteiger partial charge in [0.2, 0.25) is 0 Å². The van der Waals surface area contributed by atoms with E-state index in [0.29, 0.717) is 16.9 Å². The smallest absolute Gasteiger partial charge is 0.338 e. The molecule has 0 amide bonds. The van der Waals surface area contributed by atoms with Crippen LogP contribution in [0, 0.1) is 0 Å². The zero-order valence-electron chi connectivity index (χ0n) is 20.3. The minimum Gasteiger partial charge on any atom is -0.496 e. The van der Waals surface area contributed by atoms with E-state index < -0.39 is 11.6 Å². The molecule has 0 N–H and O–H groups in total. The van der Waals surface area contributed by atoms with Crippen LogP contribution >= 0.6 is 0 Å². The van der Waals surface area contributed by atoms with Crippen molar-refractivity contribution in [3.8, 4) is 22.6 Å². The van der Waals surface area contributed by atoms with E-state index in [4.69, 9.17) is 14.2 Å². The van der Waals surface area contributed by atoms with Gasteiger partial charge in [-0.1, -0.05) is 72.8 Å². The lowest BCUT2D eigenvalue weighted by Gasteiger charge is -2.38. The lowest BCUT2D eigenvalue weighted by molar-refractivity contribution is 0.0563. The first-order valence-corrected chi connectivity index (χ1v) is 12.1. The summed E-state index contributed by atoms with van der Waals surface area (Å²) in [6.45, 7) is 0. The number of ketones is 1. The van der Waals surface area contributed by atoms with E-state index in [0.717, 1.165) is 38.4 Å². The molecule has 0 saturated carbocycles. The second-order valence-electron chi connectivity index (χ2n) is 9.46. The number of methoxy groups -OCH3 is 2. The zero-order chi connectivity index (χ0) is 25.3. The molecule has 37 heavy (non-hydrogen) atoms. The first-order chi connectivity index (χ1) is 18.1. The summed E-state index contributed by atoms with van der Waals surface area (Å²) in [4.78, 5) is 27.0. The molecule has 5 nitrogen and oxygen atoms in total. The van der Waals surface area contributed by atoms with Gasteiger partial charge in [0.1, 0.15) is 11.5 Å². The number of esters is 1. The molecular formula is C32H22O5. The molecule has 2 aliphatic rings. The Morgan fingerprint density at radius 1 is 0.784 bits per heavy atom. The summed E-state index contributed by atoms with van der Waals surface area (Å²) in [6, 6.07) is 27.6. The van der Waals surface area contributed by atoms with Crippen LogP contribution in [-0.2, 0) is 10.3 Å². The van der Waals surface area contributed by atoms with Crippen molar-refractivity contribution in [2.45, 2.75) is 12.0 Å². The Balaban J connectivity index is 1.61. The van der Waals surface area contributed by atoms with Gasteiger partial charge in [-0.3, -0.25) is 4.79 Å². The molecule has 180 valence electrons. The number of rotatable bonds is 2. The number of benzene rings is 5. The van der Waals surface area contributed by atoms with Gasteiger partial charge in [0, 0.05) is 21.9 Å². The summed E-state index contributed by atoms with van der Waals surface area (Å²) in [6.07, 6.45) is 0.0776. The molecule has 1 heterocycles. The molecule has 1 aliphatic heterocycles. The van der Waals surface area contributed by atoms with Gasteiger partial charge in [0.15, 0.2) is 11.4 Å². The number of hydrogen-bond donors (Lipinski definition) is 0. The average molecular weight is 487 g/mol. The lowest BCUT2D eigenvalue weighted by atomic mass is 9.80. The molecule has 0 aromatic heterocycles. The van der Waals surface area contributed by atoms with Crippen molar-refractivity contribution in [1.29, 1.82) is 0 Å². The van der Waals surface area contributed by atoms with Crippen LogP contribution < -0.4 is 9.47 Å². The Kier molecular flexibility index (Phi) is 4.49. The van der Waals surface area contributed by atoms with Gasteiger partial charge >= 0.3 is 5.97 Å². The third kappa shape index (κ3) is 2.79. The second-order valence-corrected chi connectivity index (χ2v) is 9.46. The highest BCUT2D eigenvalue weighted by atomic mass is 16.5. The Labute approximate surface area is 213 Å². The number of carbonyl (C=O) groups is 2. The zero-order valence-corrected chi connectivity index (χ0v) is 20.3. The van der Waals surface area contributed by atoms with Gasteiger partial charge < -0.3 is 14.2 Å². The molecule has 0 unspecified atom stereocenters. The van der Waals surface area contributed by atoms with Crippen LogP contribution in [-0.4, -0.2) is 26.0 Å². The van der Waals surface area contributed by atoms with Crippen molar-refractivity contribution in [3.63, 3.8) is 0 Å². The molecule has 1 aliphatic carbocycles. The maximum atomic E-state index is 14.1. The van der Waals surface area contributed by atoms with E-state index in [1.165, 1.54) is 7.11 Å². The highest BCUT2D eigenvalue weighted by molar-refractivity contribution is 6.20. The fraction of sp³-hybridized carbons (Fsp3) is 0.125. The van der Waals surface area contributed by atoms with Crippen LogP contribution in [0.1, 0.15) is 38.3 Å². The third-order valence-corrected chi connectivity index (χ3v) is 7.68. The van der Waals surface area contributed by atoms with E-state index in [2.05, 4.69) is 12.1 Å². The molecule has 5 aromatic rings. The normalized spacial score (nSPS) is 14.7. The molecule has 7 rings (SSSR count). The average Bonchev–Trinajstić information content (AvgIpc) is 3.20. The molecule has 1 spiro atoms. The highest BCUT2D eigenvalue weighted by Gasteiger charge is 2.51. The molecule has 0 fully saturated rings. The van der Waals surface area contributed by atoms with Crippen molar-refractivity contribution >= 4 is 33.3 Å². The molecule has 0 radical (unpaired) electrons.